The highest BCUT2D eigenvalue weighted by molar-refractivity contribution is 7.94. The van der Waals surface area contributed by atoms with Gasteiger partial charge >= 0.3 is 0 Å². The molecule has 0 bridgehead atoms. The molecule has 9 nitrogen and oxygen atoms in total. The minimum atomic E-state index is -4.16. The van der Waals surface area contributed by atoms with Crippen molar-refractivity contribution in [3.8, 4) is 11.5 Å². The van der Waals surface area contributed by atoms with Crippen LogP contribution in [0.2, 0.25) is 15.1 Å². The van der Waals surface area contributed by atoms with Gasteiger partial charge < -0.3 is 9.47 Å². The van der Waals surface area contributed by atoms with Crippen LogP contribution in [0.4, 0.5) is 10.8 Å². The van der Waals surface area contributed by atoms with Gasteiger partial charge in [0.05, 0.1) is 35.5 Å². The molecule has 3 aromatic rings. The van der Waals surface area contributed by atoms with Crippen LogP contribution in [0.5, 0.6) is 11.5 Å². The molecule has 1 aromatic heterocycles. The van der Waals surface area contributed by atoms with E-state index < -0.39 is 15.9 Å². The number of halogens is 3. The van der Waals surface area contributed by atoms with E-state index in [0.29, 0.717) is 16.4 Å². The SMILES string of the molecule is COc1cc(NS(=O)(=O)c2nnc(NC(=O)c3ccc(Cl)cc3Cl)s2)c(OC)cc1Cl. The molecule has 0 fully saturated rings. The third-order valence-electron chi connectivity index (χ3n) is 3.75. The van der Waals surface area contributed by atoms with Crippen LogP contribution in [-0.2, 0) is 10.0 Å². The maximum absolute atomic E-state index is 12.7. The molecule has 2 aromatic carbocycles. The van der Waals surface area contributed by atoms with E-state index in [9.17, 15) is 13.2 Å². The molecule has 0 saturated heterocycles. The summed E-state index contributed by atoms with van der Waals surface area (Å²) in [6.07, 6.45) is 0. The third-order valence-corrected chi connectivity index (χ3v) is 7.17. The van der Waals surface area contributed by atoms with Crippen molar-refractivity contribution >= 4 is 72.9 Å². The van der Waals surface area contributed by atoms with E-state index >= 15 is 0 Å². The summed E-state index contributed by atoms with van der Waals surface area (Å²) in [4.78, 5) is 12.4. The van der Waals surface area contributed by atoms with E-state index in [2.05, 4.69) is 20.2 Å². The molecule has 1 amide bonds. The van der Waals surface area contributed by atoms with E-state index in [0.717, 1.165) is 0 Å². The Morgan fingerprint density at radius 1 is 1.00 bits per heavy atom. The van der Waals surface area contributed by atoms with Gasteiger partial charge in [-0.1, -0.05) is 46.1 Å². The molecule has 0 saturated carbocycles. The first kappa shape index (κ1) is 23.4. The number of sulfonamides is 1. The summed E-state index contributed by atoms with van der Waals surface area (Å²) in [5.41, 5.74) is 0.222. The number of hydrogen-bond acceptors (Lipinski definition) is 8. The van der Waals surface area contributed by atoms with E-state index in [1.807, 2.05) is 0 Å². The second kappa shape index (κ2) is 9.45. The molecule has 31 heavy (non-hydrogen) atoms. The average molecular weight is 524 g/mol. The molecule has 0 radical (unpaired) electrons. The molecule has 3 rings (SSSR count). The lowest BCUT2D eigenvalue weighted by atomic mass is 10.2. The molecule has 0 unspecified atom stereocenters. The summed E-state index contributed by atoms with van der Waals surface area (Å²) in [5.74, 6) is -0.186. The Morgan fingerprint density at radius 2 is 1.71 bits per heavy atom. The van der Waals surface area contributed by atoms with Gasteiger partial charge in [-0.15, -0.1) is 10.2 Å². The highest BCUT2D eigenvalue weighted by atomic mass is 35.5. The number of benzene rings is 2. The van der Waals surface area contributed by atoms with Gasteiger partial charge in [-0.05, 0) is 18.2 Å². The van der Waals surface area contributed by atoms with E-state index in [4.69, 9.17) is 44.3 Å². The number of aromatic nitrogens is 2. The molecular weight excluding hydrogens is 511 g/mol. The van der Waals surface area contributed by atoms with Crippen LogP contribution < -0.4 is 19.5 Å². The van der Waals surface area contributed by atoms with Crippen molar-refractivity contribution in [3.05, 3.63) is 51.0 Å². The fourth-order valence-electron chi connectivity index (χ4n) is 2.34. The topological polar surface area (TPSA) is 120 Å². The summed E-state index contributed by atoms with van der Waals surface area (Å²) >= 11 is 18.5. The second-order valence-corrected chi connectivity index (χ2v) is 9.83. The molecule has 0 aliphatic heterocycles. The van der Waals surface area contributed by atoms with Crippen LogP contribution in [-0.4, -0.2) is 38.7 Å². The molecule has 0 atom stereocenters. The number of nitrogens with zero attached hydrogens (tertiary/aromatic N) is 2. The third kappa shape index (κ3) is 5.31. The molecule has 1 heterocycles. The van der Waals surface area contributed by atoms with Crippen molar-refractivity contribution in [1.29, 1.82) is 0 Å². The van der Waals surface area contributed by atoms with Crippen molar-refractivity contribution in [2.45, 2.75) is 4.34 Å². The molecule has 0 aliphatic rings. The molecule has 0 aliphatic carbocycles. The minimum Gasteiger partial charge on any atom is -0.495 e. The number of rotatable bonds is 7. The van der Waals surface area contributed by atoms with Crippen molar-refractivity contribution in [3.63, 3.8) is 0 Å². The average Bonchev–Trinajstić information content (AvgIpc) is 3.18. The van der Waals surface area contributed by atoms with Crippen molar-refractivity contribution in [2.75, 3.05) is 24.3 Å². The summed E-state index contributed by atoms with van der Waals surface area (Å²) in [6.45, 7) is 0. The first-order valence-corrected chi connectivity index (χ1v) is 11.6. The van der Waals surface area contributed by atoms with Crippen molar-refractivity contribution in [1.82, 2.24) is 10.2 Å². The molecule has 0 spiro atoms. The van der Waals surface area contributed by atoms with Crippen molar-refractivity contribution in [2.24, 2.45) is 0 Å². The second-order valence-electron chi connectivity index (χ2n) is 5.74. The van der Waals surface area contributed by atoms with Gasteiger partial charge in [0.15, 0.2) is 0 Å². The smallest absolute Gasteiger partial charge is 0.291 e. The molecule has 164 valence electrons. The highest BCUT2D eigenvalue weighted by Crippen LogP contribution is 2.37. The number of carbonyl (C=O) groups is 1. The Hall–Kier alpha value is -2.31. The highest BCUT2D eigenvalue weighted by Gasteiger charge is 2.24. The summed E-state index contributed by atoms with van der Waals surface area (Å²) < 4.78 is 37.7. The number of anilines is 2. The lowest BCUT2D eigenvalue weighted by Gasteiger charge is -2.13. The Morgan fingerprint density at radius 3 is 2.35 bits per heavy atom. The first-order chi connectivity index (χ1) is 14.6. The summed E-state index contributed by atoms with van der Waals surface area (Å²) in [5, 5.41) is 10.5. The zero-order valence-electron chi connectivity index (χ0n) is 15.8. The summed E-state index contributed by atoms with van der Waals surface area (Å²) in [7, 11) is -1.41. The van der Waals surface area contributed by atoms with Crippen molar-refractivity contribution < 1.29 is 22.7 Å². The number of methoxy groups -OCH3 is 2. The van der Waals surface area contributed by atoms with Gasteiger partial charge in [0.25, 0.3) is 20.3 Å². The monoisotopic (exact) mass is 522 g/mol. The van der Waals surface area contributed by atoms with Gasteiger partial charge in [-0.25, -0.2) is 0 Å². The van der Waals surface area contributed by atoms with Gasteiger partial charge in [0.2, 0.25) is 5.13 Å². The minimum absolute atomic E-state index is 0.0444. The number of carbonyl (C=O) groups excluding carboxylic acids is 1. The zero-order valence-corrected chi connectivity index (χ0v) is 19.7. The van der Waals surface area contributed by atoms with Gasteiger partial charge in [-0.2, -0.15) is 8.42 Å². The quantitative estimate of drug-likeness (QED) is 0.435. The largest absolute Gasteiger partial charge is 0.495 e. The first-order valence-electron chi connectivity index (χ1n) is 8.19. The van der Waals surface area contributed by atoms with Crippen LogP contribution in [0, 0.1) is 0 Å². The Labute approximate surface area is 196 Å². The maximum atomic E-state index is 12.7. The molecule has 2 N–H and O–H groups in total. The van der Waals surface area contributed by atoms with Crippen LogP contribution in [0.3, 0.4) is 0 Å². The fourth-order valence-corrected chi connectivity index (χ4v) is 5.02. The van der Waals surface area contributed by atoms with Gasteiger partial charge in [-0.3, -0.25) is 14.8 Å². The predicted molar refractivity (Wildman–Crippen MR) is 120 cm³/mol. The lowest BCUT2D eigenvalue weighted by molar-refractivity contribution is 0.102. The Bertz CT molecular complexity index is 1250. The fraction of sp³-hybridized carbons (Fsp3) is 0.118. The van der Waals surface area contributed by atoms with E-state index in [1.54, 1.807) is 0 Å². The van der Waals surface area contributed by atoms with Crippen LogP contribution in [0.25, 0.3) is 0 Å². The number of amides is 1. The molecule has 14 heteroatoms. The number of hydrogen-bond donors (Lipinski definition) is 2. The van der Waals surface area contributed by atoms with Crippen LogP contribution >= 0.6 is 46.1 Å². The van der Waals surface area contributed by atoms with Crippen LogP contribution in [0.15, 0.2) is 34.7 Å². The van der Waals surface area contributed by atoms with E-state index in [1.165, 1.54) is 44.6 Å². The Kier molecular flexibility index (Phi) is 7.12. The Balaban J connectivity index is 1.82. The predicted octanol–water partition coefficient (Wildman–Crippen LogP) is 4.57. The number of ether oxygens (including phenoxy) is 2. The summed E-state index contributed by atoms with van der Waals surface area (Å²) in [6, 6.07) is 7.10. The van der Waals surface area contributed by atoms with Gasteiger partial charge in [0.1, 0.15) is 11.5 Å². The molecular formula is C17H13Cl3N4O5S2. The lowest BCUT2D eigenvalue weighted by Crippen LogP contribution is -2.13. The maximum Gasteiger partial charge on any atom is 0.291 e. The van der Waals surface area contributed by atoms with E-state index in [-0.39, 0.29) is 42.3 Å². The number of nitrogens with one attached hydrogen (secondary N) is 2. The van der Waals surface area contributed by atoms with Gasteiger partial charge in [0, 0.05) is 17.2 Å². The zero-order chi connectivity index (χ0) is 22.8. The standard InChI is InChI=1S/C17H13Cl3N4O5S2/c1-28-13-7-12(14(29-2)6-11(13)20)24-31(26,27)17-23-22-16(30-17)21-15(25)9-4-3-8(18)5-10(9)19/h3-7,24H,1-2H3,(H,21,22,25). The normalized spacial score (nSPS) is 11.1. The van der Waals surface area contributed by atoms with Crippen LogP contribution in [0.1, 0.15) is 10.4 Å².